The number of rotatable bonds is 1. The van der Waals surface area contributed by atoms with Gasteiger partial charge >= 0.3 is 0 Å². The average Bonchev–Trinajstić information content (AvgIpc) is 2.72. The first-order chi connectivity index (χ1) is 7.78. The molecule has 1 unspecified atom stereocenters. The van der Waals surface area contributed by atoms with Crippen molar-refractivity contribution in [3.8, 4) is 11.5 Å². The molecule has 1 amide bonds. The molecule has 2 aliphatic heterocycles. The van der Waals surface area contributed by atoms with Crippen LogP contribution in [0, 0.1) is 0 Å². The van der Waals surface area contributed by atoms with Gasteiger partial charge in [0.05, 0.1) is 6.04 Å². The minimum atomic E-state index is -0.173. The predicted molar refractivity (Wildman–Crippen MR) is 57.7 cm³/mol. The lowest BCUT2D eigenvalue weighted by Gasteiger charge is -2.24. The summed E-state index contributed by atoms with van der Waals surface area (Å²) in [6.07, 6.45) is 0.675. The number of ether oxygens (including phenoxy) is 2. The molecule has 1 aromatic carbocycles. The smallest absolute Gasteiger partial charge is 0.241 e. The van der Waals surface area contributed by atoms with Crippen molar-refractivity contribution in [2.75, 3.05) is 19.2 Å². The fourth-order valence-electron chi connectivity index (χ4n) is 2.03. The fraction of sp³-hybridized carbons (Fsp3) is 0.364. The molecular formula is C11H12N2O3. The van der Waals surface area contributed by atoms with Gasteiger partial charge in [0.2, 0.25) is 12.7 Å². The minimum Gasteiger partial charge on any atom is -0.454 e. The van der Waals surface area contributed by atoms with E-state index in [0.717, 1.165) is 17.0 Å². The Bertz CT molecular complexity index is 459. The maximum Gasteiger partial charge on any atom is 0.241 e. The molecule has 84 valence electrons. The van der Waals surface area contributed by atoms with E-state index < -0.39 is 0 Å². The van der Waals surface area contributed by atoms with E-state index in [9.17, 15) is 4.79 Å². The van der Waals surface area contributed by atoms with Gasteiger partial charge in [-0.05, 0) is 25.1 Å². The number of carbonyl (C=O) groups excluding carboxylic acids is 1. The molecule has 2 aliphatic rings. The normalized spacial score (nSPS) is 21.6. The van der Waals surface area contributed by atoms with Crippen molar-refractivity contribution in [3.05, 3.63) is 17.7 Å². The van der Waals surface area contributed by atoms with Gasteiger partial charge in [0.15, 0.2) is 11.5 Å². The van der Waals surface area contributed by atoms with Crippen LogP contribution in [0.1, 0.15) is 5.56 Å². The summed E-state index contributed by atoms with van der Waals surface area (Å²) in [5, 5.41) is 5.83. The van der Waals surface area contributed by atoms with Crippen molar-refractivity contribution in [1.29, 1.82) is 0 Å². The molecule has 3 rings (SSSR count). The molecule has 0 saturated carbocycles. The summed E-state index contributed by atoms with van der Waals surface area (Å²) in [6, 6.07) is 3.58. The van der Waals surface area contributed by atoms with Crippen LogP contribution >= 0.6 is 0 Å². The summed E-state index contributed by atoms with van der Waals surface area (Å²) in [5.74, 6) is 1.44. The molecule has 16 heavy (non-hydrogen) atoms. The third kappa shape index (κ3) is 1.32. The van der Waals surface area contributed by atoms with Crippen molar-refractivity contribution >= 4 is 11.6 Å². The highest BCUT2D eigenvalue weighted by Crippen LogP contribution is 2.38. The van der Waals surface area contributed by atoms with Crippen LogP contribution in [0.25, 0.3) is 0 Å². The van der Waals surface area contributed by atoms with E-state index in [2.05, 4.69) is 10.6 Å². The number of nitrogens with one attached hydrogen (secondary N) is 2. The van der Waals surface area contributed by atoms with Crippen LogP contribution in [-0.2, 0) is 11.2 Å². The summed E-state index contributed by atoms with van der Waals surface area (Å²) in [7, 11) is 1.78. The Morgan fingerprint density at radius 1 is 1.38 bits per heavy atom. The number of fused-ring (bicyclic) bond motifs is 2. The molecule has 0 fully saturated rings. The van der Waals surface area contributed by atoms with Gasteiger partial charge in [-0.2, -0.15) is 0 Å². The molecular weight excluding hydrogens is 208 g/mol. The second-order valence-electron chi connectivity index (χ2n) is 3.90. The van der Waals surface area contributed by atoms with Gasteiger partial charge in [-0.1, -0.05) is 0 Å². The van der Waals surface area contributed by atoms with Gasteiger partial charge in [-0.25, -0.2) is 0 Å². The molecule has 0 aliphatic carbocycles. The third-order valence-electron chi connectivity index (χ3n) is 2.95. The molecule has 1 atom stereocenters. The Morgan fingerprint density at radius 3 is 2.88 bits per heavy atom. The second-order valence-corrected chi connectivity index (χ2v) is 3.90. The Balaban J connectivity index is 2.01. The van der Waals surface area contributed by atoms with E-state index >= 15 is 0 Å². The van der Waals surface area contributed by atoms with E-state index in [1.807, 2.05) is 12.1 Å². The van der Waals surface area contributed by atoms with Crippen LogP contribution < -0.4 is 20.1 Å². The summed E-state index contributed by atoms with van der Waals surface area (Å²) >= 11 is 0. The van der Waals surface area contributed by atoms with Gasteiger partial charge < -0.3 is 20.1 Å². The number of anilines is 1. The SMILES string of the molecule is CNC1Cc2cc3c(cc2NC1=O)OCO3. The van der Waals surface area contributed by atoms with Crippen LogP contribution in [-0.4, -0.2) is 25.8 Å². The third-order valence-corrected chi connectivity index (χ3v) is 2.95. The van der Waals surface area contributed by atoms with Crippen molar-refractivity contribution in [1.82, 2.24) is 5.32 Å². The highest BCUT2D eigenvalue weighted by atomic mass is 16.7. The van der Waals surface area contributed by atoms with Gasteiger partial charge in [0.1, 0.15) is 0 Å². The molecule has 2 N–H and O–H groups in total. The number of likely N-dealkylation sites (N-methyl/N-ethyl adjacent to an activating group) is 1. The van der Waals surface area contributed by atoms with Crippen LogP contribution in [0.5, 0.6) is 11.5 Å². The monoisotopic (exact) mass is 220 g/mol. The van der Waals surface area contributed by atoms with Gasteiger partial charge in [0, 0.05) is 11.8 Å². The second kappa shape index (κ2) is 3.38. The lowest BCUT2D eigenvalue weighted by atomic mass is 9.98. The Morgan fingerprint density at radius 2 is 2.12 bits per heavy atom. The largest absolute Gasteiger partial charge is 0.454 e. The first kappa shape index (κ1) is 9.47. The highest BCUT2D eigenvalue weighted by molar-refractivity contribution is 5.98. The molecule has 0 spiro atoms. The standard InChI is InChI=1S/C11H12N2O3/c1-12-8-2-6-3-9-10(16-5-15-9)4-7(6)13-11(8)14/h3-4,8,12H,2,5H2,1H3,(H,13,14). The first-order valence-corrected chi connectivity index (χ1v) is 5.18. The molecule has 0 radical (unpaired) electrons. The van der Waals surface area contributed by atoms with Crippen molar-refractivity contribution in [2.45, 2.75) is 12.5 Å². The van der Waals surface area contributed by atoms with Crippen LogP contribution in [0.4, 0.5) is 5.69 Å². The number of hydrogen-bond donors (Lipinski definition) is 2. The van der Waals surface area contributed by atoms with E-state index in [-0.39, 0.29) is 18.7 Å². The van der Waals surface area contributed by atoms with E-state index in [0.29, 0.717) is 12.2 Å². The first-order valence-electron chi connectivity index (χ1n) is 5.18. The van der Waals surface area contributed by atoms with E-state index in [1.54, 1.807) is 7.05 Å². The molecule has 5 heteroatoms. The lowest BCUT2D eigenvalue weighted by molar-refractivity contribution is -0.118. The molecule has 5 nitrogen and oxygen atoms in total. The molecule has 0 bridgehead atoms. The van der Waals surface area contributed by atoms with E-state index in [4.69, 9.17) is 9.47 Å². The molecule has 0 aromatic heterocycles. The zero-order chi connectivity index (χ0) is 11.1. The fourth-order valence-corrected chi connectivity index (χ4v) is 2.03. The molecule has 0 saturated heterocycles. The zero-order valence-corrected chi connectivity index (χ0v) is 8.87. The quantitative estimate of drug-likeness (QED) is 0.723. The van der Waals surface area contributed by atoms with Gasteiger partial charge in [-0.15, -0.1) is 0 Å². The van der Waals surface area contributed by atoms with Crippen LogP contribution in [0.3, 0.4) is 0 Å². The maximum absolute atomic E-state index is 11.6. The Hall–Kier alpha value is -1.75. The van der Waals surface area contributed by atoms with Crippen molar-refractivity contribution in [3.63, 3.8) is 0 Å². The number of hydrogen-bond acceptors (Lipinski definition) is 4. The zero-order valence-electron chi connectivity index (χ0n) is 8.87. The number of amides is 1. The minimum absolute atomic E-state index is 0.00568. The predicted octanol–water partition coefficient (Wildman–Crippen LogP) is 0.498. The summed E-state index contributed by atoms with van der Waals surface area (Å²) < 4.78 is 10.6. The average molecular weight is 220 g/mol. The highest BCUT2D eigenvalue weighted by Gasteiger charge is 2.27. The topological polar surface area (TPSA) is 59.6 Å². The van der Waals surface area contributed by atoms with Crippen molar-refractivity contribution in [2.24, 2.45) is 0 Å². The summed E-state index contributed by atoms with van der Waals surface area (Å²) in [4.78, 5) is 11.6. The van der Waals surface area contributed by atoms with Crippen molar-refractivity contribution < 1.29 is 14.3 Å². The summed E-state index contributed by atoms with van der Waals surface area (Å²) in [6.45, 7) is 0.252. The number of carbonyl (C=O) groups is 1. The molecule has 1 aromatic rings. The van der Waals surface area contributed by atoms with Crippen LogP contribution in [0.15, 0.2) is 12.1 Å². The Kier molecular flexibility index (Phi) is 2.00. The number of benzene rings is 1. The van der Waals surface area contributed by atoms with Gasteiger partial charge in [0.25, 0.3) is 0 Å². The Labute approximate surface area is 92.7 Å². The summed E-state index contributed by atoms with van der Waals surface area (Å²) in [5.41, 5.74) is 1.89. The molecule has 2 heterocycles. The van der Waals surface area contributed by atoms with Gasteiger partial charge in [-0.3, -0.25) is 4.79 Å². The van der Waals surface area contributed by atoms with Crippen LogP contribution in [0.2, 0.25) is 0 Å². The lowest BCUT2D eigenvalue weighted by Crippen LogP contribution is -2.43. The van der Waals surface area contributed by atoms with E-state index in [1.165, 1.54) is 0 Å². The maximum atomic E-state index is 11.6.